The fourth-order valence-corrected chi connectivity index (χ4v) is 4.40. The minimum atomic E-state index is -2.17. The molecule has 0 atom stereocenters. The van der Waals surface area contributed by atoms with Crippen LogP contribution in [0.5, 0.6) is 0 Å². The van der Waals surface area contributed by atoms with Gasteiger partial charge >= 0.3 is 5.97 Å². The predicted octanol–water partition coefficient (Wildman–Crippen LogP) is 5.62. The zero-order valence-electron chi connectivity index (χ0n) is 15.5. The molecule has 0 amide bonds. The Labute approximate surface area is 169 Å². The third kappa shape index (κ3) is 4.56. The second kappa shape index (κ2) is 9.13. The maximum atomic E-state index is 14.1. The Kier molecular flexibility index (Phi) is 6.79. The number of ether oxygens (including phenoxy) is 1. The van der Waals surface area contributed by atoms with Crippen LogP contribution in [0.4, 0.5) is 22.0 Å². The van der Waals surface area contributed by atoms with Gasteiger partial charge in [-0.05, 0) is 42.5 Å². The number of hydrogen-bond donors (Lipinski definition) is 0. The number of carbonyl (C=O) groups is 1. The Bertz CT molecular complexity index is 872. The molecule has 3 nitrogen and oxygen atoms in total. The SMILES string of the molecule is COC(=O)c1ccc(CN(Sc2c(F)c(F)c(F)c(F)c2F)C2CCCC2)cc1. The van der Waals surface area contributed by atoms with Crippen molar-refractivity contribution < 1.29 is 31.5 Å². The number of benzene rings is 2. The summed E-state index contributed by atoms with van der Waals surface area (Å²) in [6, 6.07) is 6.35. The average molecular weight is 431 g/mol. The van der Waals surface area contributed by atoms with Gasteiger partial charge in [0.15, 0.2) is 23.3 Å². The molecule has 1 aliphatic rings. The van der Waals surface area contributed by atoms with Gasteiger partial charge in [0.25, 0.3) is 0 Å². The molecule has 0 aromatic heterocycles. The van der Waals surface area contributed by atoms with Gasteiger partial charge in [-0.2, -0.15) is 0 Å². The zero-order chi connectivity index (χ0) is 21.1. The Balaban J connectivity index is 1.88. The number of rotatable bonds is 6. The maximum Gasteiger partial charge on any atom is 0.337 e. The normalized spacial score (nSPS) is 14.6. The highest BCUT2D eigenvalue weighted by molar-refractivity contribution is 7.97. The first kappa shape index (κ1) is 21.6. The van der Waals surface area contributed by atoms with Crippen molar-refractivity contribution in [1.29, 1.82) is 0 Å². The molecular formula is C20H18F5NO2S. The summed E-state index contributed by atoms with van der Waals surface area (Å²) < 4.78 is 75.0. The van der Waals surface area contributed by atoms with E-state index in [9.17, 15) is 26.7 Å². The number of nitrogens with zero attached hydrogens (tertiary/aromatic N) is 1. The van der Waals surface area contributed by atoms with E-state index in [1.165, 1.54) is 7.11 Å². The van der Waals surface area contributed by atoms with Crippen molar-refractivity contribution in [3.8, 4) is 0 Å². The Hall–Kier alpha value is -2.13. The quantitative estimate of drug-likeness (QED) is 0.195. The summed E-state index contributed by atoms with van der Waals surface area (Å²) in [6.07, 6.45) is 3.34. The van der Waals surface area contributed by atoms with E-state index in [0.29, 0.717) is 17.5 Å². The lowest BCUT2D eigenvalue weighted by molar-refractivity contribution is 0.0600. The van der Waals surface area contributed by atoms with E-state index < -0.39 is 40.0 Å². The highest BCUT2D eigenvalue weighted by Gasteiger charge is 2.31. The first-order valence-electron chi connectivity index (χ1n) is 8.96. The van der Waals surface area contributed by atoms with E-state index in [0.717, 1.165) is 31.2 Å². The van der Waals surface area contributed by atoms with Crippen molar-refractivity contribution in [1.82, 2.24) is 4.31 Å². The van der Waals surface area contributed by atoms with Gasteiger partial charge in [0.05, 0.1) is 12.7 Å². The van der Waals surface area contributed by atoms with Gasteiger partial charge in [-0.15, -0.1) is 0 Å². The summed E-state index contributed by atoms with van der Waals surface area (Å²) in [5, 5.41) is 0. The Morgan fingerprint density at radius 3 is 2.00 bits per heavy atom. The molecule has 0 unspecified atom stereocenters. The largest absolute Gasteiger partial charge is 0.465 e. The van der Waals surface area contributed by atoms with Crippen LogP contribution in [0.3, 0.4) is 0 Å². The molecule has 1 fully saturated rings. The van der Waals surface area contributed by atoms with Crippen molar-refractivity contribution in [3.63, 3.8) is 0 Å². The predicted molar refractivity (Wildman–Crippen MR) is 97.7 cm³/mol. The van der Waals surface area contributed by atoms with E-state index in [2.05, 4.69) is 4.74 Å². The summed E-state index contributed by atoms with van der Waals surface area (Å²) >= 11 is 0.531. The third-order valence-electron chi connectivity index (χ3n) is 4.82. The first-order valence-corrected chi connectivity index (χ1v) is 9.74. The van der Waals surface area contributed by atoms with Crippen LogP contribution < -0.4 is 0 Å². The highest BCUT2D eigenvalue weighted by Crippen LogP contribution is 2.38. The van der Waals surface area contributed by atoms with E-state index in [1.807, 2.05) is 0 Å². The van der Waals surface area contributed by atoms with Gasteiger partial charge in [0, 0.05) is 12.6 Å². The number of esters is 1. The molecule has 29 heavy (non-hydrogen) atoms. The van der Waals surface area contributed by atoms with E-state index in [-0.39, 0.29) is 12.6 Å². The van der Waals surface area contributed by atoms with Gasteiger partial charge in [-0.25, -0.2) is 31.1 Å². The Morgan fingerprint density at radius 2 is 1.48 bits per heavy atom. The van der Waals surface area contributed by atoms with Crippen molar-refractivity contribution >= 4 is 17.9 Å². The standard InChI is InChI=1S/C20H18F5NO2S/c1-28-20(27)12-8-6-11(7-9-12)10-26(13-4-2-3-5-13)29-19-17(24)15(22)14(21)16(23)18(19)25/h6-9,13H,2-5,10H2,1H3. The molecular weight excluding hydrogens is 413 g/mol. The number of hydrogen-bond acceptors (Lipinski definition) is 4. The molecule has 0 heterocycles. The second-order valence-electron chi connectivity index (χ2n) is 6.69. The van der Waals surface area contributed by atoms with Crippen molar-refractivity contribution in [2.24, 2.45) is 0 Å². The molecule has 0 saturated heterocycles. The van der Waals surface area contributed by atoms with Crippen LogP contribution in [-0.4, -0.2) is 23.4 Å². The summed E-state index contributed by atoms with van der Waals surface area (Å²) in [5.41, 5.74) is 1.07. The van der Waals surface area contributed by atoms with Gasteiger partial charge in [-0.3, -0.25) is 0 Å². The molecule has 0 spiro atoms. The van der Waals surface area contributed by atoms with Crippen LogP contribution in [-0.2, 0) is 11.3 Å². The molecule has 1 saturated carbocycles. The zero-order valence-corrected chi connectivity index (χ0v) is 16.3. The molecule has 0 aliphatic heterocycles. The number of methoxy groups -OCH3 is 1. The highest BCUT2D eigenvalue weighted by atomic mass is 32.2. The first-order chi connectivity index (χ1) is 13.8. The van der Waals surface area contributed by atoms with Crippen molar-refractivity contribution in [2.45, 2.75) is 43.2 Å². The molecule has 2 aromatic carbocycles. The molecule has 0 N–H and O–H groups in total. The summed E-state index contributed by atoms with van der Waals surface area (Å²) in [6.45, 7) is 0.205. The summed E-state index contributed by atoms with van der Waals surface area (Å²) in [5.74, 6) is -10.3. The average Bonchev–Trinajstić information content (AvgIpc) is 3.28. The smallest absolute Gasteiger partial charge is 0.337 e. The van der Waals surface area contributed by atoms with Crippen molar-refractivity contribution in [3.05, 3.63) is 64.5 Å². The molecule has 9 heteroatoms. The number of carbonyl (C=O) groups excluding carboxylic acids is 1. The lowest BCUT2D eigenvalue weighted by atomic mass is 10.1. The summed E-state index contributed by atoms with van der Waals surface area (Å²) in [7, 11) is 1.26. The van der Waals surface area contributed by atoms with Crippen LogP contribution in [0.2, 0.25) is 0 Å². The fourth-order valence-electron chi connectivity index (χ4n) is 3.25. The molecule has 1 aliphatic carbocycles. The molecule has 3 rings (SSSR count). The topological polar surface area (TPSA) is 29.5 Å². The van der Waals surface area contributed by atoms with E-state index in [1.54, 1.807) is 28.6 Å². The molecule has 0 bridgehead atoms. The maximum absolute atomic E-state index is 14.1. The lowest BCUT2D eigenvalue weighted by Gasteiger charge is -2.28. The number of halogens is 5. The molecule has 156 valence electrons. The van der Waals surface area contributed by atoms with Crippen LogP contribution in [0.15, 0.2) is 29.2 Å². The summed E-state index contributed by atoms with van der Waals surface area (Å²) in [4.78, 5) is 10.6. The van der Waals surface area contributed by atoms with Crippen LogP contribution in [0.1, 0.15) is 41.6 Å². The van der Waals surface area contributed by atoms with Crippen molar-refractivity contribution in [2.75, 3.05) is 7.11 Å². The Morgan fingerprint density at radius 1 is 0.966 bits per heavy atom. The minimum absolute atomic E-state index is 0.0738. The molecule has 2 aromatic rings. The van der Waals surface area contributed by atoms with Gasteiger partial charge < -0.3 is 4.74 Å². The van der Waals surface area contributed by atoms with Crippen LogP contribution >= 0.6 is 11.9 Å². The fraction of sp³-hybridized carbons (Fsp3) is 0.350. The van der Waals surface area contributed by atoms with Crippen LogP contribution in [0.25, 0.3) is 0 Å². The van der Waals surface area contributed by atoms with Gasteiger partial charge in [0.2, 0.25) is 5.82 Å². The third-order valence-corrected chi connectivity index (χ3v) is 6.03. The van der Waals surface area contributed by atoms with Crippen LogP contribution in [0, 0.1) is 29.1 Å². The lowest BCUT2D eigenvalue weighted by Crippen LogP contribution is -2.27. The minimum Gasteiger partial charge on any atom is -0.465 e. The van der Waals surface area contributed by atoms with Gasteiger partial charge in [0.1, 0.15) is 4.90 Å². The second-order valence-corrected chi connectivity index (χ2v) is 7.75. The van der Waals surface area contributed by atoms with Gasteiger partial charge in [-0.1, -0.05) is 25.0 Å². The van der Waals surface area contributed by atoms with E-state index in [4.69, 9.17) is 0 Å². The van der Waals surface area contributed by atoms with E-state index >= 15 is 0 Å². The molecule has 0 radical (unpaired) electrons. The monoisotopic (exact) mass is 431 g/mol.